The van der Waals surface area contributed by atoms with Gasteiger partial charge in [-0.2, -0.15) is 23.0 Å². The molecule has 0 aromatic carbocycles. The van der Waals surface area contributed by atoms with Gasteiger partial charge in [0.2, 0.25) is 11.8 Å². The lowest BCUT2D eigenvalue weighted by molar-refractivity contribution is -0.137. The molecule has 10 heteroatoms. The van der Waals surface area contributed by atoms with Gasteiger partial charge in [-0.3, -0.25) is 9.59 Å². The summed E-state index contributed by atoms with van der Waals surface area (Å²) in [5, 5.41) is 6.88. The van der Waals surface area contributed by atoms with Gasteiger partial charge in [0.15, 0.2) is 5.82 Å². The largest absolute Gasteiger partial charge is 0.417 e. The van der Waals surface area contributed by atoms with Crippen LogP contribution in [0, 0.1) is 12.8 Å². The molecular weight excluding hydrogens is 363 g/mol. The van der Waals surface area contributed by atoms with Crippen LogP contribution < -0.4 is 5.32 Å². The highest BCUT2D eigenvalue weighted by molar-refractivity contribution is 5.96. The summed E-state index contributed by atoms with van der Waals surface area (Å²) in [5.41, 5.74) is -0.311. The predicted octanol–water partition coefficient (Wildman–Crippen LogP) is 2.40. The Labute approximate surface area is 153 Å². The Kier molecular flexibility index (Phi) is 4.90. The van der Waals surface area contributed by atoms with Gasteiger partial charge in [-0.1, -0.05) is 0 Å². The van der Waals surface area contributed by atoms with Crippen LogP contribution in [-0.4, -0.2) is 44.6 Å². The number of hydrogen-bond acceptors (Lipinski definition) is 4. The maximum atomic E-state index is 12.7. The summed E-state index contributed by atoms with van der Waals surface area (Å²) in [5.74, 6) is -0.475. The van der Waals surface area contributed by atoms with E-state index in [4.69, 9.17) is 0 Å². The monoisotopic (exact) mass is 381 g/mol. The molecule has 3 heterocycles. The maximum Gasteiger partial charge on any atom is 0.417 e. The summed E-state index contributed by atoms with van der Waals surface area (Å²) in [7, 11) is 0. The first-order valence-electron chi connectivity index (χ1n) is 8.38. The minimum atomic E-state index is -4.48. The molecule has 2 aromatic rings. The topological polar surface area (TPSA) is 80.1 Å². The normalized spacial score (nSPS) is 17.4. The summed E-state index contributed by atoms with van der Waals surface area (Å²) < 4.78 is 39.3. The number of halogens is 3. The van der Waals surface area contributed by atoms with E-state index in [0.717, 1.165) is 6.07 Å². The van der Waals surface area contributed by atoms with Gasteiger partial charge in [-0.15, -0.1) is 0 Å². The van der Waals surface area contributed by atoms with E-state index in [1.54, 1.807) is 17.9 Å². The van der Waals surface area contributed by atoms with E-state index in [0.29, 0.717) is 25.0 Å². The van der Waals surface area contributed by atoms with Crippen molar-refractivity contribution in [2.45, 2.75) is 26.4 Å². The van der Waals surface area contributed by atoms with Crippen LogP contribution in [0.5, 0.6) is 0 Å². The first kappa shape index (κ1) is 18.9. The van der Waals surface area contributed by atoms with Crippen molar-refractivity contribution in [3.63, 3.8) is 0 Å². The second kappa shape index (κ2) is 7.01. The average molecular weight is 381 g/mol. The van der Waals surface area contributed by atoms with Gasteiger partial charge in [-0.25, -0.2) is 4.98 Å². The number of nitrogens with zero attached hydrogens (tertiary/aromatic N) is 4. The molecule has 0 spiro atoms. The minimum Gasteiger partial charge on any atom is -0.342 e. The van der Waals surface area contributed by atoms with Crippen LogP contribution in [0.2, 0.25) is 0 Å². The number of nitrogens with one attached hydrogen (secondary N) is 1. The average Bonchev–Trinajstić information content (AvgIpc) is 3.16. The molecule has 1 atom stereocenters. The zero-order valence-electron chi connectivity index (χ0n) is 14.7. The van der Waals surface area contributed by atoms with E-state index in [1.165, 1.54) is 10.7 Å². The van der Waals surface area contributed by atoms with Gasteiger partial charge in [0.1, 0.15) is 5.82 Å². The number of aryl methyl sites for hydroxylation is 1. The Morgan fingerprint density at radius 1 is 1.37 bits per heavy atom. The van der Waals surface area contributed by atoms with Gasteiger partial charge < -0.3 is 10.2 Å². The molecule has 0 bridgehead atoms. The number of alkyl halides is 3. The highest BCUT2D eigenvalue weighted by Gasteiger charge is 2.34. The number of carbonyl (C=O) groups is 2. The van der Waals surface area contributed by atoms with Crippen LogP contribution >= 0.6 is 0 Å². The van der Waals surface area contributed by atoms with Crippen LogP contribution in [0.15, 0.2) is 24.4 Å². The molecule has 1 aliphatic rings. The third kappa shape index (κ3) is 3.93. The number of carbonyl (C=O) groups excluding carboxylic acids is 2. The lowest BCUT2D eigenvalue weighted by Gasteiger charge is -2.14. The van der Waals surface area contributed by atoms with Crippen molar-refractivity contribution >= 4 is 17.6 Å². The molecule has 0 radical (unpaired) electrons. The van der Waals surface area contributed by atoms with E-state index >= 15 is 0 Å². The van der Waals surface area contributed by atoms with E-state index in [2.05, 4.69) is 15.4 Å². The van der Waals surface area contributed by atoms with Crippen molar-refractivity contribution in [3.05, 3.63) is 35.7 Å². The van der Waals surface area contributed by atoms with Gasteiger partial charge >= 0.3 is 6.18 Å². The van der Waals surface area contributed by atoms with Crippen LogP contribution in [-0.2, 0) is 15.8 Å². The minimum absolute atomic E-state index is 0.0771. The molecule has 1 fully saturated rings. The molecule has 2 aromatic heterocycles. The molecule has 1 N–H and O–H groups in total. The van der Waals surface area contributed by atoms with Gasteiger partial charge in [0, 0.05) is 31.8 Å². The number of pyridine rings is 1. The van der Waals surface area contributed by atoms with Crippen molar-refractivity contribution in [2.24, 2.45) is 5.92 Å². The van der Waals surface area contributed by atoms with Crippen molar-refractivity contribution in [1.29, 1.82) is 0 Å². The lowest BCUT2D eigenvalue weighted by Crippen LogP contribution is -2.28. The molecule has 1 unspecified atom stereocenters. The van der Waals surface area contributed by atoms with Crippen LogP contribution in [0.4, 0.5) is 19.0 Å². The number of likely N-dealkylation sites (tertiary alicyclic amines) is 1. The maximum absolute atomic E-state index is 12.7. The zero-order valence-corrected chi connectivity index (χ0v) is 14.7. The van der Waals surface area contributed by atoms with Gasteiger partial charge in [0.25, 0.3) is 0 Å². The molecular formula is C17H18F3N5O2. The third-order valence-electron chi connectivity index (χ3n) is 4.34. The highest BCUT2D eigenvalue weighted by Crippen LogP contribution is 2.29. The molecule has 1 saturated heterocycles. The number of rotatable bonds is 4. The van der Waals surface area contributed by atoms with Gasteiger partial charge in [0.05, 0.1) is 17.2 Å². The highest BCUT2D eigenvalue weighted by atomic mass is 19.4. The van der Waals surface area contributed by atoms with Crippen LogP contribution in [0.25, 0.3) is 5.82 Å². The second-order valence-corrected chi connectivity index (χ2v) is 6.31. The summed E-state index contributed by atoms with van der Waals surface area (Å²) >= 11 is 0. The number of anilines is 1. The Morgan fingerprint density at radius 2 is 2.11 bits per heavy atom. The number of amides is 2. The van der Waals surface area contributed by atoms with E-state index < -0.39 is 17.7 Å². The molecule has 144 valence electrons. The zero-order chi connectivity index (χ0) is 19.8. The molecule has 27 heavy (non-hydrogen) atoms. The smallest absolute Gasteiger partial charge is 0.342 e. The predicted molar refractivity (Wildman–Crippen MR) is 90.1 cm³/mol. The Hall–Kier alpha value is -2.91. The van der Waals surface area contributed by atoms with Crippen LogP contribution in [0.1, 0.15) is 24.6 Å². The first-order chi connectivity index (χ1) is 12.7. The second-order valence-electron chi connectivity index (χ2n) is 6.31. The fourth-order valence-electron chi connectivity index (χ4n) is 2.92. The molecule has 2 amide bonds. The summed E-state index contributed by atoms with van der Waals surface area (Å²) in [6.07, 6.45) is -3.64. The molecule has 1 aliphatic heterocycles. The quantitative estimate of drug-likeness (QED) is 0.882. The van der Waals surface area contributed by atoms with Crippen LogP contribution in [0.3, 0.4) is 0 Å². The Balaban J connectivity index is 1.80. The van der Waals surface area contributed by atoms with Crippen molar-refractivity contribution in [2.75, 3.05) is 18.4 Å². The van der Waals surface area contributed by atoms with Crippen molar-refractivity contribution < 1.29 is 22.8 Å². The standard InChI is InChI=1S/C17H18F3N5O2/c1-3-24-9-11(7-15(24)26)16(27)22-14-6-10(2)23-25(14)13-5-4-12(8-21-13)17(18,19)20/h4-6,8,11H,3,7,9H2,1-2H3,(H,22,27). The summed E-state index contributed by atoms with van der Waals surface area (Å²) in [4.78, 5) is 29.7. The molecule has 7 nitrogen and oxygen atoms in total. The Morgan fingerprint density at radius 3 is 2.67 bits per heavy atom. The molecule has 0 saturated carbocycles. The SMILES string of the molecule is CCN1CC(C(=O)Nc2cc(C)nn2-c2ccc(C(F)(F)F)cn2)CC1=O. The lowest BCUT2D eigenvalue weighted by atomic mass is 10.1. The van der Waals surface area contributed by atoms with E-state index in [1.807, 2.05) is 6.92 Å². The molecule has 0 aliphatic carbocycles. The first-order valence-corrected chi connectivity index (χ1v) is 8.38. The van der Waals surface area contributed by atoms with E-state index in [9.17, 15) is 22.8 Å². The third-order valence-corrected chi connectivity index (χ3v) is 4.34. The van der Waals surface area contributed by atoms with Crippen molar-refractivity contribution in [1.82, 2.24) is 19.7 Å². The summed E-state index contributed by atoms with van der Waals surface area (Å²) in [6, 6.07) is 3.67. The molecule has 3 rings (SSSR count). The van der Waals surface area contributed by atoms with E-state index in [-0.39, 0.29) is 29.9 Å². The number of aromatic nitrogens is 3. The number of hydrogen-bond donors (Lipinski definition) is 1. The summed E-state index contributed by atoms with van der Waals surface area (Å²) in [6.45, 7) is 4.41. The fourth-order valence-corrected chi connectivity index (χ4v) is 2.92. The van der Waals surface area contributed by atoms with Gasteiger partial charge in [-0.05, 0) is 26.0 Å². The Bertz CT molecular complexity index is 860. The van der Waals surface area contributed by atoms with Crippen molar-refractivity contribution in [3.8, 4) is 5.82 Å². The fraction of sp³-hybridized carbons (Fsp3) is 0.412.